The van der Waals surface area contributed by atoms with Crippen molar-refractivity contribution in [2.24, 2.45) is 5.92 Å². The number of rotatable bonds is 1. The SMILES string of the molecule is FC(F)(Br)C1CSC1. The predicted molar refractivity (Wildman–Crippen MR) is 34.7 cm³/mol. The zero-order valence-corrected chi connectivity index (χ0v) is 6.44. The molecule has 0 aliphatic carbocycles. The van der Waals surface area contributed by atoms with Crippen LogP contribution in [0.15, 0.2) is 0 Å². The molecule has 0 spiro atoms. The minimum atomic E-state index is -2.61. The molecule has 1 aliphatic rings. The van der Waals surface area contributed by atoms with Gasteiger partial charge in [-0.15, -0.1) is 0 Å². The summed E-state index contributed by atoms with van der Waals surface area (Å²) in [6, 6.07) is 0. The molecule has 1 aliphatic heterocycles. The van der Waals surface area contributed by atoms with E-state index in [-0.39, 0.29) is 0 Å². The van der Waals surface area contributed by atoms with Gasteiger partial charge in [-0.1, -0.05) is 0 Å². The normalized spacial score (nSPS) is 22.9. The van der Waals surface area contributed by atoms with Crippen molar-refractivity contribution in [2.45, 2.75) is 4.83 Å². The van der Waals surface area contributed by atoms with Crippen LogP contribution in [-0.4, -0.2) is 16.3 Å². The van der Waals surface area contributed by atoms with Crippen LogP contribution in [0.1, 0.15) is 0 Å². The van der Waals surface area contributed by atoms with Crippen molar-refractivity contribution in [1.29, 1.82) is 0 Å². The maximum absolute atomic E-state index is 12.1. The number of alkyl halides is 3. The summed E-state index contributed by atoms with van der Waals surface area (Å²) in [4.78, 5) is -2.61. The highest BCUT2D eigenvalue weighted by Crippen LogP contribution is 2.41. The maximum atomic E-state index is 12.1. The van der Waals surface area contributed by atoms with Crippen molar-refractivity contribution in [2.75, 3.05) is 11.5 Å². The molecular formula is C4H5BrF2S. The van der Waals surface area contributed by atoms with E-state index >= 15 is 0 Å². The zero-order chi connectivity index (χ0) is 6.20. The van der Waals surface area contributed by atoms with Crippen molar-refractivity contribution >= 4 is 27.7 Å². The van der Waals surface area contributed by atoms with Crippen LogP contribution >= 0.6 is 27.7 Å². The van der Waals surface area contributed by atoms with Crippen LogP contribution in [0.5, 0.6) is 0 Å². The summed E-state index contributed by atoms with van der Waals surface area (Å²) in [6.07, 6.45) is 0. The molecule has 48 valence electrons. The Labute approximate surface area is 59.1 Å². The van der Waals surface area contributed by atoms with Gasteiger partial charge in [-0.2, -0.15) is 20.5 Å². The first kappa shape index (κ1) is 6.81. The van der Waals surface area contributed by atoms with Crippen LogP contribution in [0.4, 0.5) is 8.78 Å². The van der Waals surface area contributed by atoms with Crippen LogP contribution in [0, 0.1) is 5.92 Å². The highest BCUT2D eigenvalue weighted by atomic mass is 79.9. The monoisotopic (exact) mass is 202 g/mol. The Balaban J connectivity index is 2.34. The second-order valence-electron chi connectivity index (χ2n) is 1.78. The second-order valence-corrected chi connectivity index (χ2v) is 3.91. The first-order chi connectivity index (χ1) is 3.61. The molecule has 0 saturated carbocycles. The molecule has 0 aromatic carbocycles. The van der Waals surface area contributed by atoms with Gasteiger partial charge in [-0.25, -0.2) is 0 Å². The lowest BCUT2D eigenvalue weighted by Gasteiger charge is -2.28. The van der Waals surface area contributed by atoms with Gasteiger partial charge in [0.05, 0.1) is 5.92 Å². The molecule has 0 unspecified atom stereocenters. The maximum Gasteiger partial charge on any atom is 0.305 e. The molecule has 1 saturated heterocycles. The average molecular weight is 203 g/mol. The van der Waals surface area contributed by atoms with E-state index < -0.39 is 10.7 Å². The van der Waals surface area contributed by atoms with E-state index in [4.69, 9.17) is 0 Å². The van der Waals surface area contributed by atoms with Gasteiger partial charge in [0.25, 0.3) is 0 Å². The minimum absolute atomic E-state index is 0.424. The Morgan fingerprint density at radius 3 is 2.00 bits per heavy atom. The van der Waals surface area contributed by atoms with Gasteiger partial charge in [0.15, 0.2) is 0 Å². The Bertz CT molecular complexity index is 86.5. The highest BCUT2D eigenvalue weighted by Gasteiger charge is 2.40. The first-order valence-corrected chi connectivity index (χ1v) is 4.20. The quantitative estimate of drug-likeness (QED) is 0.589. The molecule has 0 aromatic heterocycles. The molecule has 1 heterocycles. The van der Waals surface area contributed by atoms with E-state index in [9.17, 15) is 8.78 Å². The number of hydrogen-bond acceptors (Lipinski definition) is 1. The van der Waals surface area contributed by atoms with E-state index in [2.05, 4.69) is 15.9 Å². The van der Waals surface area contributed by atoms with E-state index in [1.165, 1.54) is 0 Å². The molecule has 0 bridgehead atoms. The predicted octanol–water partition coefficient (Wildman–Crippen LogP) is 2.34. The Hall–Kier alpha value is 0.690. The standard InChI is InChI=1S/C4H5BrF2S/c5-4(6,7)3-1-8-2-3/h3H,1-2H2. The molecule has 4 heteroatoms. The molecule has 1 rings (SSSR count). The van der Waals surface area contributed by atoms with E-state index in [0.717, 1.165) is 0 Å². The van der Waals surface area contributed by atoms with Crippen molar-refractivity contribution < 1.29 is 8.78 Å². The molecule has 0 amide bonds. The lowest BCUT2D eigenvalue weighted by atomic mass is 10.2. The molecule has 0 radical (unpaired) electrons. The molecule has 0 aromatic rings. The minimum Gasteiger partial charge on any atom is -0.193 e. The topological polar surface area (TPSA) is 0 Å². The smallest absolute Gasteiger partial charge is 0.193 e. The molecular weight excluding hydrogens is 198 g/mol. The van der Waals surface area contributed by atoms with Gasteiger partial charge in [0.2, 0.25) is 0 Å². The van der Waals surface area contributed by atoms with Crippen LogP contribution in [0.25, 0.3) is 0 Å². The summed E-state index contributed by atoms with van der Waals surface area (Å²) in [7, 11) is 0. The highest BCUT2D eigenvalue weighted by molar-refractivity contribution is 9.10. The number of halogens is 3. The number of hydrogen-bond donors (Lipinski definition) is 0. The lowest BCUT2D eigenvalue weighted by Crippen LogP contribution is -2.32. The molecule has 1 fully saturated rings. The van der Waals surface area contributed by atoms with Crippen molar-refractivity contribution in [3.63, 3.8) is 0 Å². The Kier molecular flexibility index (Phi) is 1.82. The van der Waals surface area contributed by atoms with Crippen molar-refractivity contribution in [1.82, 2.24) is 0 Å². The fourth-order valence-corrected chi connectivity index (χ4v) is 2.07. The first-order valence-electron chi connectivity index (χ1n) is 2.25. The van der Waals surface area contributed by atoms with Crippen LogP contribution < -0.4 is 0 Å². The van der Waals surface area contributed by atoms with Gasteiger partial charge in [0.1, 0.15) is 0 Å². The molecule has 0 N–H and O–H groups in total. The summed E-state index contributed by atoms with van der Waals surface area (Å²) < 4.78 is 24.1. The summed E-state index contributed by atoms with van der Waals surface area (Å²) >= 11 is 3.87. The fraction of sp³-hybridized carbons (Fsp3) is 1.00. The van der Waals surface area contributed by atoms with E-state index in [1.54, 1.807) is 11.8 Å². The molecule has 0 nitrogen and oxygen atoms in total. The fourth-order valence-electron chi connectivity index (χ4n) is 0.425. The summed E-state index contributed by atoms with van der Waals surface area (Å²) in [6.45, 7) is 0. The Morgan fingerprint density at radius 2 is 2.00 bits per heavy atom. The second kappa shape index (κ2) is 2.14. The summed E-state index contributed by atoms with van der Waals surface area (Å²) in [5, 5.41) is 0. The average Bonchev–Trinajstić information content (AvgIpc) is 1.16. The van der Waals surface area contributed by atoms with Gasteiger partial charge >= 0.3 is 4.83 Å². The van der Waals surface area contributed by atoms with Crippen molar-refractivity contribution in [3.8, 4) is 0 Å². The van der Waals surface area contributed by atoms with Gasteiger partial charge in [-0.3, -0.25) is 0 Å². The zero-order valence-electron chi connectivity index (χ0n) is 4.03. The third kappa shape index (κ3) is 1.35. The van der Waals surface area contributed by atoms with Crippen molar-refractivity contribution in [3.05, 3.63) is 0 Å². The van der Waals surface area contributed by atoms with Gasteiger partial charge in [-0.05, 0) is 15.9 Å². The largest absolute Gasteiger partial charge is 0.305 e. The van der Waals surface area contributed by atoms with Crippen LogP contribution in [-0.2, 0) is 0 Å². The van der Waals surface area contributed by atoms with E-state index in [1.807, 2.05) is 0 Å². The van der Waals surface area contributed by atoms with Crippen LogP contribution in [0.3, 0.4) is 0 Å². The molecule has 8 heavy (non-hydrogen) atoms. The summed E-state index contributed by atoms with van der Waals surface area (Å²) in [5.41, 5.74) is 0. The van der Waals surface area contributed by atoms with Gasteiger partial charge < -0.3 is 0 Å². The third-order valence-corrected chi connectivity index (χ3v) is 3.02. The van der Waals surface area contributed by atoms with Gasteiger partial charge in [0, 0.05) is 11.5 Å². The number of thioether (sulfide) groups is 1. The summed E-state index contributed by atoms with van der Waals surface area (Å²) in [5.74, 6) is 0.767. The van der Waals surface area contributed by atoms with Crippen LogP contribution in [0.2, 0.25) is 0 Å². The lowest BCUT2D eigenvalue weighted by molar-refractivity contribution is 0.0625. The van der Waals surface area contributed by atoms with E-state index in [0.29, 0.717) is 11.5 Å². The Morgan fingerprint density at radius 1 is 1.50 bits per heavy atom. The molecule has 0 atom stereocenters. The third-order valence-electron chi connectivity index (χ3n) is 1.10.